The highest BCUT2D eigenvalue weighted by Gasteiger charge is 2.28. The molecule has 1 aromatic carbocycles. The highest BCUT2D eigenvalue weighted by Crippen LogP contribution is 2.38. The number of fused-ring (bicyclic) bond motifs is 1. The second kappa shape index (κ2) is 12.3. The molecule has 2 N–H and O–H groups in total. The maximum absolute atomic E-state index is 13.1. The summed E-state index contributed by atoms with van der Waals surface area (Å²) < 4.78 is 35.0. The summed E-state index contributed by atoms with van der Waals surface area (Å²) in [6.45, 7) is 5.96. The molecule has 1 saturated heterocycles. The van der Waals surface area contributed by atoms with Crippen molar-refractivity contribution in [3.8, 4) is 11.1 Å². The highest BCUT2D eigenvalue weighted by molar-refractivity contribution is 7.89. The van der Waals surface area contributed by atoms with Gasteiger partial charge in [-0.3, -0.25) is 0 Å². The molecule has 0 unspecified atom stereocenters. The number of hydrogen-bond acceptors (Lipinski definition) is 7. The normalized spacial score (nSPS) is 21.7. The first-order valence-corrected chi connectivity index (χ1v) is 15.8. The number of benzene rings is 1. The van der Waals surface area contributed by atoms with Gasteiger partial charge in [0.15, 0.2) is 0 Å². The van der Waals surface area contributed by atoms with Crippen molar-refractivity contribution in [1.29, 1.82) is 0 Å². The van der Waals surface area contributed by atoms with E-state index in [0.29, 0.717) is 38.2 Å². The molecule has 212 valence electrons. The van der Waals surface area contributed by atoms with Crippen LogP contribution in [-0.2, 0) is 14.8 Å². The van der Waals surface area contributed by atoms with Crippen LogP contribution in [0.3, 0.4) is 0 Å². The third-order valence-electron chi connectivity index (χ3n) is 8.05. The number of nitrogens with one attached hydrogen (secondary N) is 1. The van der Waals surface area contributed by atoms with Crippen LogP contribution in [0.4, 0.5) is 5.95 Å². The molecule has 9 nitrogen and oxygen atoms in total. The molecule has 39 heavy (non-hydrogen) atoms. The van der Waals surface area contributed by atoms with E-state index in [1.807, 2.05) is 22.8 Å². The van der Waals surface area contributed by atoms with E-state index in [1.165, 1.54) is 23.6 Å². The number of hydrogen-bond donors (Lipinski definition) is 2. The smallest absolute Gasteiger partial charge is 0.243 e. The fourth-order valence-electron chi connectivity index (χ4n) is 5.71. The number of unbranched alkanes of at least 4 members (excludes halogenated alkanes) is 2. The topological polar surface area (TPSA) is 109 Å². The summed E-state index contributed by atoms with van der Waals surface area (Å²) in [5.74, 6) is 0.901. The first-order chi connectivity index (χ1) is 18.9. The number of aromatic nitrogens is 3. The summed E-state index contributed by atoms with van der Waals surface area (Å²) >= 11 is 0. The average molecular weight is 556 g/mol. The molecule has 0 bridgehead atoms. The zero-order valence-electron chi connectivity index (χ0n) is 23.1. The Labute approximate surface area is 231 Å². The summed E-state index contributed by atoms with van der Waals surface area (Å²) in [6.07, 6.45) is 9.67. The van der Waals surface area contributed by atoms with Gasteiger partial charge in [-0.1, -0.05) is 38.3 Å². The SMILES string of the molecule is CCCCC[C@H](C)Nc1ncc2c(-c3ccc(S(=O)(=O)N4CCOCC4)cc3)cc([C@H]3CC[C@@H](O)CC3)n2n1. The molecule has 2 aliphatic rings. The first-order valence-electron chi connectivity index (χ1n) is 14.4. The van der Waals surface area contributed by atoms with Crippen LogP contribution in [0, 0.1) is 0 Å². The van der Waals surface area contributed by atoms with Crippen molar-refractivity contribution in [3.05, 3.63) is 42.2 Å². The maximum Gasteiger partial charge on any atom is 0.243 e. The number of morpholine rings is 1. The van der Waals surface area contributed by atoms with Crippen LogP contribution in [0.15, 0.2) is 41.4 Å². The van der Waals surface area contributed by atoms with E-state index in [9.17, 15) is 13.5 Å². The Morgan fingerprint density at radius 1 is 1.10 bits per heavy atom. The molecule has 0 amide bonds. The molecule has 0 radical (unpaired) electrons. The van der Waals surface area contributed by atoms with Gasteiger partial charge < -0.3 is 15.2 Å². The molecule has 3 heterocycles. The quantitative estimate of drug-likeness (QED) is 0.345. The molecular formula is C29H41N5O4S. The molecular weight excluding hydrogens is 514 g/mol. The molecule has 10 heteroatoms. The summed E-state index contributed by atoms with van der Waals surface area (Å²) in [5, 5.41) is 18.5. The maximum atomic E-state index is 13.1. The van der Waals surface area contributed by atoms with Crippen molar-refractivity contribution in [2.24, 2.45) is 0 Å². The first kappa shape index (κ1) is 28.0. The van der Waals surface area contributed by atoms with Gasteiger partial charge in [0.2, 0.25) is 16.0 Å². The van der Waals surface area contributed by atoms with Gasteiger partial charge in [0.05, 0.1) is 35.9 Å². The van der Waals surface area contributed by atoms with Crippen molar-refractivity contribution in [1.82, 2.24) is 18.9 Å². The van der Waals surface area contributed by atoms with Crippen molar-refractivity contribution in [2.75, 3.05) is 31.6 Å². The van der Waals surface area contributed by atoms with E-state index in [2.05, 4.69) is 30.2 Å². The van der Waals surface area contributed by atoms with E-state index in [0.717, 1.165) is 54.4 Å². The Morgan fingerprint density at radius 3 is 2.51 bits per heavy atom. The van der Waals surface area contributed by atoms with Gasteiger partial charge in [0, 0.05) is 36.3 Å². The molecule has 1 atom stereocenters. The lowest BCUT2D eigenvalue weighted by Gasteiger charge is -2.26. The van der Waals surface area contributed by atoms with Gasteiger partial charge >= 0.3 is 0 Å². The molecule has 2 aromatic heterocycles. The van der Waals surface area contributed by atoms with Crippen LogP contribution in [-0.4, -0.2) is 70.9 Å². The summed E-state index contributed by atoms with van der Waals surface area (Å²) in [7, 11) is -3.55. The number of sulfonamides is 1. The molecule has 1 aliphatic heterocycles. The summed E-state index contributed by atoms with van der Waals surface area (Å²) in [6, 6.07) is 9.58. The van der Waals surface area contributed by atoms with Crippen LogP contribution in [0.5, 0.6) is 0 Å². The van der Waals surface area contributed by atoms with Gasteiger partial charge in [-0.2, -0.15) is 4.31 Å². The predicted octanol–water partition coefficient (Wildman–Crippen LogP) is 4.82. The van der Waals surface area contributed by atoms with Crippen molar-refractivity contribution < 1.29 is 18.3 Å². The monoisotopic (exact) mass is 555 g/mol. The predicted molar refractivity (Wildman–Crippen MR) is 152 cm³/mol. The summed E-state index contributed by atoms with van der Waals surface area (Å²) in [5.41, 5.74) is 3.91. The third kappa shape index (κ3) is 6.29. The van der Waals surface area contributed by atoms with Crippen LogP contribution in [0.2, 0.25) is 0 Å². The molecule has 5 rings (SSSR count). The number of rotatable bonds is 10. The fourth-order valence-corrected chi connectivity index (χ4v) is 7.12. The minimum absolute atomic E-state index is 0.233. The average Bonchev–Trinajstić information content (AvgIpc) is 3.33. The zero-order chi connectivity index (χ0) is 27.4. The van der Waals surface area contributed by atoms with Gasteiger partial charge in [0.1, 0.15) is 0 Å². The van der Waals surface area contributed by atoms with E-state index < -0.39 is 10.0 Å². The van der Waals surface area contributed by atoms with Gasteiger partial charge in [-0.25, -0.2) is 17.9 Å². The van der Waals surface area contributed by atoms with Gasteiger partial charge in [-0.15, -0.1) is 5.10 Å². The number of aliphatic hydroxyl groups is 1. The highest BCUT2D eigenvalue weighted by atomic mass is 32.2. The second-order valence-corrected chi connectivity index (χ2v) is 12.9. The largest absolute Gasteiger partial charge is 0.393 e. The number of aliphatic hydroxyl groups excluding tert-OH is 1. The lowest BCUT2D eigenvalue weighted by molar-refractivity contribution is 0.0730. The standard InChI is InChI=1S/C29H41N5O4S/c1-3-4-5-6-21(2)31-29-30-20-28-26(19-27(34(28)32-29)23-7-11-24(35)12-8-23)22-9-13-25(14-10-22)39(36,37)33-15-17-38-18-16-33/h9-10,13-14,19-21,23-24,35H,3-8,11-12,15-18H2,1-2H3,(H,31,32)/t21-,23-,24+/m0/s1. The van der Waals surface area contributed by atoms with E-state index in [-0.39, 0.29) is 17.0 Å². The van der Waals surface area contributed by atoms with E-state index >= 15 is 0 Å². The van der Waals surface area contributed by atoms with E-state index in [4.69, 9.17) is 9.84 Å². The van der Waals surface area contributed by atoms with Crippen molar-refractivity contribution >= 4 is 21.5 Å². The van der Waals surface area contributed by atoms with Crippen LogP contribution in [0.25, 0.3) is 16.6 Å². The Kier molecular flexibility index (Phi) is 8.86. The Balaban J connectivity index is 1.46. The molecule has 1 aliphatic carbocycles. The summed E-state index contributed by atoms with van der Waals surface area (Å²) in [4.78, 5) is 4.94. The van der Waals surface area contributed by atoms with E-state index in [1.54, 1.807) is 12.1 Å². The minimum Gasteiger partial charge on any atom is -0.393 e. The number of nitrogens with zero attached hydrogens (tertiary/aromatic N) is 4. The van der Waals surface area contributed by atoms with Crippen molar-refractivity contribution in [3.63, 3.8) is 0 Å². The third-order valence-corrected chi connectivity index (χ3v) is 9.96. The minimum atomic E-state index is -3.55. The van der Waals surface area contributed by atoms with Crippen LogP contribution < -0.4 is 5.32 Å². The fraction of sp³-hybridized carbons (Fsp3) is 0.586. The van der Waals surface area contributed by atoms with Crippen molar-refractivity contribution in [2.45, 2.75) is 88.2 Å². The Hall–Kier alpha value is -2.53. The van der Waals surface area contributed by atoms with Gasteiger partial charge in [-0.05, 0) is 62.8 Å². The number of anilines is 1. The second-order valence-electron chi connectivity index (χ2n) is 10.9. The molecule has 3 aromatic rings. The lowest BCUT2D eigenvalue weighted by Crippen LogP contribution is -2.40. The molecule has 0 spiro atoms. The Morgan fingerprint density at radius 2 is 1.82 bits per heavy atom. The Bertz CT molecular complexity index is 1340. The molecule has 1 saturated carbocycles. The lowest BCUT2D eigenvalue weighted by atomic mass is 9.85. The molecule has 2 fully saturated rings. The zero-order valence-corrected chi connectivity index (χ0v) is 23.9. The number of ether oxygens (including phenoxy) is 1. The van der Waals surface area contributed by atoms with Gasteiger partial charge in [0.25, 0.3) is 0 Å². The van der Waals surface area contributed by atoms with Crippen LogP contribution in [0.1, 0.15) is 76.8 Å². The van der Waals surface area contributed by atoms with Crippen LogP contribution >= 0.6 is 0 Å².